The number of carbonyl (C=O) groups excluding carboxylic acids is 2. The number of aliphatic carboxylic acids is 1. The number of carboxylic acid groups (broad SMARTS) is 1. The highest BCUT2D eigenvalue weighted by molar-refractivity contribution is 5.88. The highest BCUT2D eigenvalue weighted by atomic mass is 16.5. The van der Waals surface area contributed by atoms with Gasteiger partial charge >= 0.3 is 11.9 Å². The normalized spacial score (nSPS) is 44.3. The summed E-state index contributed by atoms with van der Waals surface area (Å²) >= 11 is 0. The van der Waals surface area contributed by atoms with E-state index in [2.05, 4.69) is 20.8 Å². The Morgan fingerprint density at radius 3 is 2.41 bits per heavy atom. The first-order valence-corrected chi connectivity index (χ1v) is 14.2. The second-order valence-electron chi connectivity index (χ2n) is 13.4. The maximum absolute atomic E-state index is 12.6. The second kappa shape index (κ2) is 9.66. The van der Waals surface area contributed by atoms with Gasteiger partial charge in [-0.15, -0.1) is 0 Å². The van der Waals surface area contributed by atoms with Crippen LogP contribution in [0.2, 0.25) is 0 Å². The molecule has 0 saturated heterocycles. The van der Waals surface area contributed by atoms with Crippen LogP contribution in [0.4, 0.5) is 0 Å². The second-order valence-corrected chi connectivity index (χ2v) is 13.4. The number of hydrogen-bond donors (Lipinski definition) is 2. The van der Waals surface area contributed by atoms with E-state index in [1.165, 1.54) is 6.92 Å². The lowest BCUT2D eigenvalue weighted by Crippen LogP contribution is -2.66. The molecular formula is C31H46O6. The van der Waals surface area contributed by atoms with Crippen LogP contribution in [0, 0.1) is 39.9 Å². The number of aliphatic hydroxyl groups excluding tert-OH is 1. The summed E-state index contributed by atoms with van der Waals surface area (Å²) in [4.78, 5) is 37.4. The summed E-state index contributed by atoms with van der Waals surface area (Å²) in [6.45, 7) is 14.2. The minimum atomic E-state index is -0.943. The summed E-state index contributed by atoms with van der Waals surface area (Å²) in [5.41, 5.74) is 1.30. The van der Waals surface area contributed by atoms with Crippen LogP contribution in [0.5, 0.6) is 0 Å². The molecule has 0 aromatic rings. The van der Waals surface area contributed by atoms with Gasteiger partial charge in [-0.1, -0.05) is 39.3 Å². The van der Waals surface area contributed by atoms with E-state index in [4.69, 9.17) is 4.74 Å². The number of carboxylic acids is 1. The number of fused-ring (bicyclic) bond motifs is 5. The molecule has 0 bridgehead atoms. The molecule has 0 unspecified atom stereocenters. The zero-order valence-electron chi connectivity index (χ0n) is 23.7. The maximum atomic E-state index is 12.6. The minimum absolute atomic E-state index is 0.0509. The molecule has 0 aromatic carbocycles. The van der Waals surface area contributed by atoms with E-state index in [1.54, 1.807) is 0 Å². The van der Waals surface area contributed by atoms with Gasteiger partial charge in [-0.05, 0) is 93.0 Å². The highest BCUT2D eigenvalue weighted by Crippen LogP contribution is 2.74. The van der Waals surface area contributed by atoms with E-state index in [-0.39, 0.29) is 29.1 Å². The smallest absolute Gasteiger partial charge is 0.331 e. The zero-order valence-corrected chi connectivity index (χ0v) is 23.7. The van der Waals surface area contributed by atoms with Gasteiger partial charge in [-0.3, -0.25) is 9.59 Å². The molecule has 6 heteroatoms. The largest absolute Gasteiger partial charge is 0.478 e. The van der Waals surface area contributed by atoms with Crippen LogP contribution in [-0.2, 0) is 19.1 Å². The van der Waals surface area contributed by atoms with E-state index in [0.29, 0.717) is 43.5 Å². The predicted molar refractivity (Wildman–Crippen MR) is 142 cm³/mol. The zero-order chi connectivity index (χ0) is 27.5. The number of Topliss-reactive ketones (excluding diaryl/α,β-unsaturated/α-hetero) is 1. The maximum Gasteiger partial charge on any atom is 0.331 e. The first-order valence-electron chi connectivity index (χ1n) is 14.2. The van der Waals surface area contributed by atoms with Gasteiger partial charge in [0.2, 0.25) is 0 Å². The number of hydrogen-bond acceptors (Lipinski definition) is 5. The lowest BCUT2D eigenvalue weighted by atomic mass is 9.36. The van der Waals surface area contributed by atoms with Crippen LogP contribution >= 0.6 is 0 Å². The van der Waals surface area contributed by atoms with E-state index in [1.807, 2.05) is 26.8 Å². The number of allylic oxidation sites excluding steroid dienone is 2. The SMILES string of the molecule is CC(=O)O[C@H]1C[C@@]2(C)[C@@H](CC[C@H]3[C@@]4(C)CCC(=O)[C@@H](C)[C@@H]4C[C@@H](O)[C@@]32C)/C1=C(\CCC=C(C)C)C(=O)O. The van der Waals surface area contributed by atoms with Crippen molar-refractivity contribution in [3.05, 3.63) is 22.8 Å². The Hall–Kier alpha value is -1.95. The van der Waals surface area contributed by atoms with Crippen LogP contribution in [0.25, 0.3) is 0 Å². The van der Waals surface area contributed by atoms with E-state index >= 15 is 0 Å². The standard InChI is InChI=1S/C31H46O6/c1-17(2)9-8-10-20(28(35)36)27-21-11-12-25-29(5)14-13-23(33)18(3)22(29)15-26(34)31(25,7)30(21,6)16-24(27)37-19(4)32/h9,18,21-22,24-26,34H,8,10-16H2,1-7H3,(H,35,36)/b27-20-/t18-,21-,22-,24-,25-,26+,29-,30-,31+/m0/s1. The molecule has 2 N–H and O–H groups in total. The molecule has 0 spiro atoms. The molecule has 4 rings (SSSR count). The first-order chi connectivity index (χ1) is 17.2. The van der Waals surface area contributed by atoms with E-state index < -0.39 is 35.0 Å². The molecule has 0 aliphatic heterocycles. The van der Waals surface area contributed by atoms with Crippen LogP contribution in [0.15, 0.2) is 22.8 Å². The quantitative estimate of drug-likeness (QED) is 0.270. The molecular weight excluding hydrogens is 468 g/mol. The topological polar surface area (TPSA) is 101 Å². The fourth-order valence-electron chi connectivity index (χ4n) is 9.52. The third-order valence-electron chi connectivity index (χ3n) is 11.5. The predicted octanol–water partition coefficient (Wildman–Crippen LogP) is 5.87. The van der Waals surface area contributed by atoms with Gasteiger partial charge in [-0.2, -0.15) is 0 Å². The van der Waals surface area contributed by atoms with Gasteiger partial charge < -0.3 is 14.9 Å². The van der Waals surface area contributed by atoms with Crippen LogP contribution in [0.3, 0.4) is 0 Å². The van der Waals surface area contributed by atoms with Crippen molar-refractivity contribution in [3.8, 4) is 0 Å². The molecule has 0 aromatic heterocycles. The fourth-order valence-corrected chi connectivity index (χ4v) is 9.52. The minimum Gasteiger partial charge on any atom is -0.478 e. The first kappa shape index (κ1) is 28.1. The molecule has 0 heterocycles. The molecule has 37 heavy (non-hydrogen) atoms. The van der Waals surface area contributed by atoms with Crippen molar-refractivity contribution in [1.82, 2.24) is 0 Å². The van der Waals surface area contributed by atoms with Crippen molar-refractivity contribution in [1.29, 1.82) is 0 Å². The van der Waals surface area contributed by atoms with Gasteiger partial charge in [0.15, 0.2) is 0 Å². The van der Waals surface area contributed by atoms with Crippen molar-refractivity contribution in [2.75, 3.05) is 0 Å². The van der Waals surface area contributed by atoms with E-state index in [9.17, 15) is 24.6 Å². The van der Waals surface area contributed by atoms with Gasteiger partial charge in [-0.25, -0.2) is 4.79 Å². The third-order valence-corrected chi connectivity index (χ3v) is 11.5. The molecule has 4 aliphatic rings. The highest BCUT2D eigenvalue weighted by Gasteiger charge is 2.71. The van der Waals surface area contributed by atoms with Gasteiger partial charge in [0, 0.05) is 30.3 Å². The van der Waals surface area contributed by atoms with E-state index in [0.717, 1.165) is 30.4 Å². The summed E-state index contributed by atoms with van der Waals surface area (Å²) < 4.78 is 5.86. The lowest BCUT2D eigenvalue weighted by Gasteiger charge is -2.68. The molecule has 4 aliphatic carbocycles. The van der Waals surface area contributed by atoms with Crippen molar-refractivity contribution >= 4 is 17.7 Å². The number of ether oxygens (including phenoxy) is 1. The number of ketones is 1. The lowest BCUT2D eigenvalue weighted by molar-refractivity contribution is -0.234. The Morgan fingerprint density at radius 2 is 1.81 bits per heavy atom. The molecule has 9 atom stereocenters. The fraction of sp³-hybridized carbons (Fsp3) is 0.774. The Labute approximate surface area is 221 Å². The summed E-state index contributed by atoms with van der Waals surface area (Å²) in [5, 5.41) is 22.2. The third kappa shape index (κ3) is 4.22. The van der Waals surface area contributed by atoms with Crippen LogP contribution in [-0.4, -0.2) is 40.1 Å². The average Bonchev–Trinajstić information content (AvgIpc) is 3.08. The van der Waals surface area contributed by atoms with Crippen molar-refractivity contribution in [2.45, 2.75) is 112 Å². The molecule has 4 saturated carbocycles. The summed E-state index contributed by atoms with van der Waals surface area (Å²) in [6.07, 6.45) is 6.08. The molecule has 6 nitrogen and oxygen atoms in total. The molecule has 206 valence electrons. The summed E-state index contributed by atoms with van der Waals surface area (Å²) in [7, 11) is 0. The summed E-state index contributed by atoms with van der Waals surface area (Å²) in [5.74, 6) is -0.805. The summed E-state index contributed by atoms with van der Waals surface area (Å²) in [6, 6.07) is 0. The molecule has 4 fully saturated rings. The Morgan fingerprint density at radius 1 is 1.14 bits per heavy atom. The Balaban J connectivity index is 1.82. The van der Waals surface area contributed by atoms with Crippen molar-refractivity contribution in [2.24, 2.45) is 39.9 Å². The Bertz CT molecular complexity index is 1040. The van der Waals surface area contributed by atoms with Gasteiger partial charge in [0.05, 0.1) is 6.10 Å². The number of esters is 1. The Kier molecular flexibility index (Phi) is 7.33. The van der Waals surface area contributed by atoms with Crippen LogP contribution < -0.4 is 0 Å². The number of rotatable bonds is 5. The van der Waals surface area contributed by atoms with Gasteiger partial charge in [0.1, 0.15) is 11.9 Å². The average molecular weight is 515 g/mol. The van der Waals surface area contributed by atoms with Crippen LogP contribution in [0.1, 0.15) is 99.8 Å². The van der Waals surface area contributed by atoms with Crippen molar-refractivity contribution < 1.29 is 29.3 Å². The molecule has 0 amide bonds. The van der Waals surface area contributed by atoms with Gasteiger partial charge in [0.25, 0.3) is 0 Å². The molecule has 0 radical (unpaired) electrons. The number of aliphatic hydroxyl groups is 1. The number of carbonyl (C=O) groups is 3. The van der Waals surface area contributed by atoms with Crippen molar-refractivity contribution in [3.63, 3.8) is 0 Å². The monoisotopic (exact) mass is 514 g/mol.